The van der Waals surface area contributed by atoms with Crippen LogP contribution in [0.1, 0.15) is 13.3 Å². The van der Waals surface area contributed by atoms with Crippen molar-refractivity contribution in [2.75, 3.05) is 25.1 Å². The number of hydrogen-bond acceptors (Lipinski definition) is 4. The minimum atomic E-state index is -0.877. The van der Waals surface area contributed by atoms with Gasteiger partial charge in [-0.1, -0.05) is 30.1 Å². The van der Waals surface area contributed by atoms with Gasteiger partial charge < -0.3 is 10.6 Å². The molecule has 0 aliphatic carbocycles. The predicted molar refractivity (Wildman–Crippen MR) is 79.6 cm³/mol. The van der Waals surface area contributed by atoms with E-state index < -0.39 is 10.8 Å². The number of rotatable bonds is 7. The Bertz CT molecular complexity index is 306. The second kappa shape index (κ2) is 10.7. The third-order valence-corrected chi connectivity index (χ3v) is 3.47. The highest BCUT2D eigenvalue weighted by Crippen LogP contribution is 2.00. The van der Waals surface area contributed by atoms with E-state index in [0.29, 0.717) is 6.54 Å². The summed E-state index contributed by atoms with van der Waals surface area (Å²) in [6.07, 6.45) is 4.30. The molecule has 0 saturated heterocycles. The van der Waals surface area contributed by atoms with Crippen LogP contribution in [0.3, 0.4) is 0 Å². The molecule has 0 fully saturated rings. The van der Waals surface area contributed by atoms with E-state index in [-0.39, 0.29) is 5.91 Å². The number of thiocarbonyl (C=S) groups is 1. The molecule has 0 bridgehead atoms. The summed E-state index contributed by atoms with van der Waals surface area (Å²) in [5.74, 6) is 0.738. The lowest BCUT2D eigenvalue weighted by Gasteiger charge is -2.06. The zero-order chi connectivity index (χ0) is 13.1. The topological polar surface area (TPSA) is 58.2 Å². The SMILES string of the molecule is CC(=O)NCCSC(=S)NCC/C=C/S(C)=O. The largest absolute Gasteiger partial charge is 0.371 e. The minimum absolute atomic E-state index is 0.0258. The van der Waals surface area contributed by atoms with Crippen molar-refractivity contribution in [1.29, 1.82) is 0 Å². The molecule has 0 aliphatic heterocycles. The summed E-state index contributed by atoms with van der Waals surface area (Å²) in [5.41, 5.74) is 0. The molecule has 1 unspecified atom stereocenters. The number of thioether (sulfide) groups is 1. The summed E-state index contributed by atoms with van der Waals surface area (Å²) in [5, 5.41) is 7.43. The van der Waals surface area contributed by atoms with E-state index in [2.05, 4.69) is 10.6 Å². The lowest BCUT2D eigenvalue weighted by atomic mass is 10.4. The number of carbonyl (C=O) groups excluding carboxylic acids is 1. The number of hydrogen-bond donors (Lipinski definition) is 2. The first-order valence-corrected chi connectivity index (χ1v) is 8.18. The molecule has 0 spiro atoms. The van der Waals surface area contributed by atoms with Crippen molar-refractivity contribution >= 4 is 45.0 Å². The van der Waals surface area contributed by atoms with Crippen molar-refractivity contribution in [3.63, 3.8) is 0 Å². The highest BCUT2D eigenvalue weighted by molar-refractivity contribution is 8.22. The summed E-state index contributed by atoms with van der Waals surface area (Å²) in [6.45, 7) is 2.85. The van der Waals surface area contributed by atoms with E-state index in [4.69, 9.17) is 12.2 Å². The average molecular weight is 294 g/mol. The van der Waals surface area contributed by atoms with Crippen LogP contribution in [0.15, 0.2) is 11.5 Å². The first-order chi connectivity index (χ1) is 8.02. The maximum absolute atomic E-state index is 10.7. The first-order valence-electron chi connectivity index (χ1n) is 5.16. The van der Waals surface area contributed by atoms with E-state index >= 15 is 0 Å². The second-order valence-electron chi connectivity index (χ2n) is 3.20. The van der Waals surface area contributed by atoms with Crippen molar-refractivity contribution < 1.29 is 9.00 Å². The monoisotopic (exact) mass is 294 g/mol. The fourth-order valence-corrected chi connectivity index (χ4v) is 2.24. The molecule has 0 radical (unpaired) electrons. The Morgan fingerprint density at radius 3 is 2.71 bits per heavy atom. The van der Waals surface area contributed by atoms with E-state index in [1.54, 1.807) is 11.7 Å². The van der Waals surface area contributed by atoms with E-state index in [9.17, 15) is 9.00 Å². The third-order valence-electron chi connectivity index (χ3n) is 1.58. The lowest BCUT2D eigenvalue weighted by molar-refractivity contribution is -0.118. The van der Waals surface area contributed by atoms with Gasteiger partial charge in [0.05, 0.1) is 0 Å². The molecule has 4 nitrogen and oxygen atoms in total. The van der Waals surface area contributed by atoms with Crippen molar-refractivity contribution in [3.05, 3.63) is 11.5 Å². The van der Waals surface area contributed by atoms with E-state index in [0.717, 1.165) is 23.0 Å². The van der Waals surface area contributed by atoms with Crippen LogP contribution < -0.4 is 10.6 Å². The van der Waals surface area contributed by atoms with Crippen LogP contribution in [0.4, 0.5) is 0 Å². The van der Waals surface area contributed by atoms with Crippen LogP contribution in [0.2, 0.25) is 0 Å². The van der Waals surface area contributed by atoms with E-state index in [1.807, 2.05) is 6.08 Å². The van der Waals surface area contributed by atoms with Crippen molar-refractivity contribution in [1.82, 2.24) is 10.6 Å². The zero-order valence-corrected chi connectivity index (χ0v) is 12.5. The van der Waals surface area contributed by atoms with Crippen molar-refractivity contribution in [2.24, 2.45) is 0 Å². The molecule has 0 saturated carbocycles. The Hall–Kier alpha value is -0.400. The molecule has 0 heterocycles. The molecule has 2 N–H and O–H groups in total. The maximum atomic E-state index is 10.7. The van der Waals surface area contributed by atoms with Crippen LogP contribution >= 0.6 is 24.0 Å². The van der Waals surface area contributed by atoms with Crippen LogP contribution in [0.25, 0.3) is 0 Å². The Kier molecular flexibility index (Phi) is 10.5. The van der Waals surface area contributed by atoms with Gasteiger partial charge in [0.2, 0.25) is 5.91 Å². The van der Waals surface area contributed by atoms with Gasteiger partial charge in [-0.3, -0.25) is 9.00 Å². The van der Waals surface area contributed by atoms with Crippen LogP contribution in [0, 0.1) is 0 Å². The Balaban J connectivity index is 3.41. The molecule has 1 amide bonds. The molecule has 0 aromatic rings. The molecular weight excluding hydrogens is 276 g/mol. The van der Waals surface area contributed by atoms with Gasteiger partial charge in [0.25, 0.3) is 0 Å². The zero-order valence-electron chi connectivity index (χ0n) is 10.0. The van der Waals surface area contributed by atoms with Crippen LogP contribution in [0.5, 0.6) is 0 Å². The van der Waals surface area contributed by atoms with Gasteiger partial charge in [-0.05, 0) is 11.8 Å². The predicted octanol–water partition coefficient (Wildman–Crippen LogP) is 1.01. The molecule has 0 aromatic carbocycles. The number of nitrogens with one attached hydrogen (secondary N) is 2. The normalized spacial score (nSPS) is 12.4. The van der Waals surface area contributed by atoms with Gasteiger partial charge in [0.1, 0.15) is 4.32 Å². The summed E-state index contributed by atoms with van der Waals surface area (Å²) in [4.78, 5) is 10.6. The van der Waals surface area contributed by atoms with Gasteiger partial charge in [-0.2, -0.15) is 0 Å². The number of carbonyl (C=O) groups is 1. The molecule has 98 valence electrons. The summed E-state index contributed by atoms with van der Waals surface area (Å²) in [7, 11) is -0.877. The second-order valence-corrected chi connectivity index (χ2v) is 6.25. The lowest BCUT2D eigenvalue weighted by Crippen LogP contribution is -2.25. The fraction of sp³-hybridized carbons (Fsp3) is 0.600. The molecule has 0 rings (SSSR count). The standard InChI is InChI=1S/C10H18N2O2S3/c1-9(13)11-6-7-16-10(15)12-5-3-4-8-17(2)14/h4,8H,3,5-7H2,1-2H3,(H,11,13)(H,12,15)/b8-4+. The van der Waals surface area contributed by atoms with Crippen LogP contribution in [-0.4, -0.2) is 39.5 Å². The number of amides is 1. The highest BCUT2D eigenvalue weighted by atomic mass is 32.2. The van der Waals surface area contributed by atoms with Gasteiger partial charge in [-0.15, -0.1) is 0 Å². The van der Waals surface area contributed by atoms with Crippen LogP contribution in [-0.2, 0) is 15.6 Å². The molecular formula is C10H18N2O2S3. The maximum Gasteiger partial charge on any atom is 0.216 e. The van der Waals surface area contributed by atoms with E-state index in [1.165, 1.54) is 18.7 Å². The fourth-order valence-electron chi connectivity index (χ4n) is 0.883. The quantitative estimate of drug-likeness (QED) is 0.542. The first kappa shape index (κ1) is 16.6. The molecule has 7 heteroatoms. The highest BCUT2D eigenvalue weighted by Gasteiger charge is 1.96. The summed E-state index contributed by atoms with van der Waals surface area (Å²) >= 11 is 6.59. The van der Waals surface area contributed by atoms with Crippen molar-refractivity contribution in [3.8, 4) is 0 Å². The molecule has 0 aromatic heterocycles. The average Bonchev–Trinajstić information content (AvgIpc) is 2.23. The summed E-state index contributed by atoms with van der Waals surface area (Å²) in [6, 6.07) is 0. The third kappa shape index (κ3) is 13.5. The molecule has 0 aliphatic rings. The van der Waals surface area contributed by atoms with Gasteiger partial charge in [0, 0.05) is 42.8 Å². The van der Waals surface area contributed by atoms with Gasteiger partial charge in [-0.25, -0.2) is 0 Å². The minimum Gasteiger partial charge on any atom is -0.371 e. The van der Waals surface area contributed by atoms with Crippen molar-refractivity contribution in [2.45, 2.75) is 13.3 Å². The molecule has 1 atom stereocenters. The van der Waals surface area contributed by atoms with Gasteiger partial charge in [0.15, 0.2) is 0 Å². The Morgan fingerprint density at radius 1 is 1.41 bits per heavy atom. The molecule has 17 heavy (non-hydrogen) atoms. The smallest absolute Gasteiger partial charge is 0.216 e. The Labute approximate surface area is 114 Å². The Morgan fingerprint density at radius 2 is 2.12 bits per heavy atom. The summed E-state index contributed by atoms with van der Waals surface area (Å²) < 4.78 is 11.4. The van der Waals surface area contributed by atoms with Gasteiger partial charge >= 0.3 is 0 Å².